The van der Waals surface area contributed by atoms with E-state index >= 15 is 0 Å². The van der Waals surface area contributed by atoms with Crippen molar-refractivity contribution in [1.82, 2.24) is 0 Å². The van der Waals surface area contributed by atoms with Crippen LogP contribution in [0.4, 0.5) is 0 Å². The third-order valence-corrected chi connectivity index (χ3v) is 5.29. The Morgan fingerprint density at radius 2 is 1.48 bits per heavy atom. The van der Waals surface area contributed by atoms with E-state index in [-0.39, 0.29) is 11.1 Å². The lowest BCUT2D eigenvalue weighted by molar-refractivity contribution is -0.268. The van der Waals surface area contributed by atoms with Crippen molar-refractivity contribution in [2.75, 3.05) is 0 Å². The molecule has 1 aliphatic heterocycles. The zero-order chi connectivity index (χ0) is 24.2. The van der Waals surface area contributed by atoms with Gasteiger partial charge in [-0.2, -0.15) is 0 Å². The summed E-state index contributed by atoms with van der Waals surface area (Å²) in [5.74, 6) is -4.55. The topological polar surface area (TPSA) is 211 Å². The fourth-order valence-electron chi connectivity index (χ4n) is 3.53. The molecule has 0 amide bonds. The summed E-state index contributed by atoms with van der Waals surface area (Å²) in [7, 11) is 0. The molecule has 1 aliphatic rings. The Balaban J connectivity index is 1.95. The van der Waals surface area contributed by atoms with Crippen LogP contribution in [-0.4, -0.2) is 71.6 Å². The SMILES string of the molecule is CC1O[C@@H](Oc2c(-c3cc(O)c(O)c(O)c3)oc3cc(O)cc(O)c3c2=O)[C@@H](O)C(O)[C@H]1O. The van der Waals surface area contributed by atoms with E-state index in [4.69, 9.17) is 13.9 Å². The summed E-state index contributed by atoms with van der Waals surface area (Å²) in [6.07, 6.45) is -7.59. The first-order valence-electron chi connectivity index (χ1n) is 9.64. The predicted octanol–water partition coefficient (Wildman–Crippen LogP) is 0.194. The fraction of sp³-hybridized carbons (Fsp3) is 0.286. The lowest BCUT2D eigenvalue weighted by Crippen LogP contribution is -2.58. The van der Waals surface area contributed by atoms with E-state index < -0.39 is 81.8 Å². The first kappa shape index (κ1) is 22.5. The molecule has 176 valence electrons. The summed E-state index contributed by atoms with van der Waals surface area (Å²) < 4.78 is 16.5. The molecular weight excluding hydrogens is 444 g/mol. The molecule has 0 bridgehead atoms. The second-order valence-electron chi connectivity index (χ2n) is 7.59. The van der Waals surface area contributed by atoms with Crippen LogP contribution < -0.4 is 10.2 Å². The molecule has 8 N–H and O–H groups in total. The molecule has 1 aromatic heterocycles. The first-order chi connectivity index (χ1) is 15.5. The van der Waals surface area contributed by atoms with E-state index in [0.717, 1.165) is 24.3 Å². The maximum atomic E-state index is 13.2. The number of aromatic hydroxyl groups is 5. The smallest absolute Gasteiger partial charge is 0.239 e. The number of ether oxygens (including phenoxy) is 2. The summed E-state index contributed by atoms with van der Waals surface area (Å²) in [6, 6.07) is 3.79. The minimum absolute atomic E-state index is 0.168. The van der Waals surface area contributed by atoms with Crippen LogP contribution in [0, 0.1) is 0 Å². The third kappa shape index (κ3) is 3.74. The Labute approximate surface area is 184 Å². The van der Waals surface area contributed by atoms with Gasteiger partial charge >= 0.3 is 0 Å². The molecule has 3 aromatic rings. The molecule has 2 unspecified atom stereocenters. The number of hydrogen-bond acceptors (Lipinski definition) is 12. The highest BCUT2D eigenvalue weighted by molar-refractivity contribution is 5.88. The van der Waals surface area contributed by atoms with Gasteiger partial charge in [-0.15, -0.1) is 0 Å². The molecule has 0 saturated carbocycles. The van der Waals surface area contributed by atoms with E-state index in [1.807, 2.05) is 0 Å². The van der Waals surface area contributed by atoms with E-state index in [9.17, 15) is 45.6 Å². The second-order valence-corrected chi connectivity index (χ2v) is 7.59. The molecule has 2 aromatic carbocycles. The Kier molecular flexibility index (Phi) is 5.46. The van der Waals surface area contributed by atoms with E-state index in [2.05, 4.69) is 0 Å². The highest BCUT2D eigenvalue weighted by Gasteiger charge is 2.44. The van der Waals surface area contributed by atoms with Gasteiger partial charge in [0.1, 0.15) is 40.8 Å². The van der Waals surface area contributed by atoms with Crippen molar-refractivity contribution in [2.24, 2.45) is 0 Å². The van der Waals surface area contributed by atoms with Gasteiger partial charge in [0.2, 0.25) is 17.5 Å². The average molecular weight is 464 g/mol. The number of aliphatic hydroxyl groups excluding tert-OH is 3. The molecule has 5 atom stereocenters. The van der Waals surface area contributed by atoms with Crippen LogP contribution in [0.1, 0.15) is 6.92 Å². The molecule has 12 nitrogen and oxygen atoms in total. The number of rotatable bonds is 3. The Morgan fingerprint density at radius 3 is 2.12 bits per heavy atom. The summed E-state index contributed by atoms with van der Waals surface area (Å²) >= 11 is 0. The normalized spacial score (nSPS) is 25.3. The summed E-state index contributed by atoms with van der Waals surface area (Å²) in [6.45, 7) is 1.39. The van der Waals surface area contributed by atoms with Gasteiger partial charge in [0, 0.05) is 17.7 Å². The summed E-state index contributed by atoms with van der Waals surface area (Å²) in [4.78, 5) is 13.2. The third-order valence-electron chi connectivity index (χ3n) is 5.29. The predicted molar refractivity (Wildman–Crippen MR) is 109 cm³/mol. The molecule has 1 saturated heterocycles. The van der Waals surface area contributed by atoms with Gasteiger partial charge in [-0.25, -0.2) is 0 Å². The average Bonchev–Trinajstić information content (AvgIpc) is 2.74. The molecule has 0 radical (unpaired) electrons. The van der Waals surface area contributed by atoms with Crippen molar-refractivity contribution < 1.29 is 54.7 Å². The van der Waals surface area contributed by atoms with Crippen LogP contribution in [0.5, 0.6) is 34.5 Å². The minimum atomic E-state index is -1.80. The van der Waals surface area contributed by atoms with Gasteiger partial charge in [-0.05, 0) is 19.1 Å². The second kappa shape index (κ2) is 8.01. The highest BCUT2D eigenvalue weighted by atomic mass is 16.7. The minimum Gasteiger partial charge on any atom is -0.508 e. The van der Waals surface area contributed by atoms with Crippen LogP contribution in [0.15, 0.2) is 33.5 Å². The first-order valence-corrected chi connectivity index (χ1v) is 9.64. The molecule has 2 heterocycles. The van der Waals surface area contributed by atoms with Crippen LogP contribution in [0.3, 0.4) is 0 Å². The summed E-state index contributed by atoms with van der Waals surface area (Å²) in [5.41, 5.74) is -1.45. The number of fused-ring (bicyclic) bond motifs is 1. The van der Waals surface area contributed by atoms with Crippen molar-refractivity contribution >= 4 is 11.0 Å². The van der Waals surface area contributed by atoms with Crippen molar-refractivity contribution in [3.05, 3.63) is 34.5 Å². The number of hydrogen-bond donors (Lipinski definition) is 8. The van der Waals surface area contributed by atoms with E-state index in [1.54, 1.807) is 0 Å². The largest absolute Gasteiger partial charge is 0.508 e. The van der Waals surface area contributed by atoms with E-state index in [0.29, 0.717) is 0 Å². The molecular formula is C21H20O12. The monoisotopic (exact) mass is 464 g/mol. The van der Waals surface area contributed by atoms with Gasteiger partial charge in [0.15, 0.2) is 23.0 Å². The number of phenols is 5. The van der Waals surface area contributed by atoms with Crippen molar-refractivity contribution in [1.29, 1.82) is 0 Å². The number of aliphatic hydroxyl groups is 3. The number of benzene rings is 2. The van der Waals surface area contributed by atoms with Gasteiger partial charge in [0.25, 0.3) is 0 Å². The summed E-state index contributed by atoms with van der Waals surface area (Å²) in [5, 5.41) is 79.1. The Hall–Kier alpha value is -3.71. The highest BCUT2D eigenvalue weighted by Crippen LogP contribution is 2.43. The fourth-order valence-corrected chi connectivity index (χ4v) is 3.53. The van der Waals surface area contributed by atoms with Gasteiger partial charge in [-0.1, -0.05) is 0 Å². The van der Waals surface area contributed by atoms with Crippen molar-refractivity contribution in [2.45, 2.75) is 37.6 Å². The van der Waals surface area contributed by atoms with E-state index in [1.165, 1.54) is 6.92 Å². The number of phenolic OH excluding ortho intramolecular Hbond substituents is 5. The molecule has 33 heavy (non-hydrogen) atoms. The van der Waals surface area contributed by atoms with Gasteiger partial charge < -0.3 is 54.7 Å². The molecule has 0 aliphatic carbocycles. The molecule has 0 spiro atoms. The Bertz CT molecular complexity index is 1260. The van der Waals surface area contributed by atoms with Crippen LogP contribution in [0.25, 0.3) is 22.3 Å². The van der Waals surface area contributed by atoms with Gasteiger partial charge in [-0.3, -0.25) is 4.79 Å². The molecule has 1 fully saturated rings. The van der Waals surface area contributed by atoms with Crippen LogP contribution >= 0.6 is 0 Å². The Morgan fingerprint density at radius 1 is 0.848 bits per heavy atom. The zero-order valence-electron chi connectivity index (χ0n) is 16.9. The maximum Gasteiger partial charge on any atom is 0.239 e. The maximum absolute atomic E-state index is 13.2. The van der Waals surface area contributed by atoms with Crippen LogP contribution in [-0.2, 0) is 4.74 Å². The van der Waals surface area contributed by atoms with Crippen molar-refractivity contribution in [3.8, 4) is 45.8 Å². The molecule has 4 rings (SSSR count). The standard InChI is InChI=1S/C21H20O12/c1-6-14(26)17(29)18(30)21(31-6)33-20-16(28)13-9(23)4-8(22)5-12(13)32-19(20)7-2-10(24)15(27)11(25)3-7/h2-6,14,17-18,21-27,29-30H,1H3/t6?,14-,17?,18-,21-/m0/s1. The van der Waals surface area contributed by atoms with Gasteiger partial charge in [0.05, 0.1) is 6.10 Å². The lowest BCUT2D eigenvalue weighted by atomic mass is 10.00. The molecule has 12 heteroatoms. The quantitative estimate of drug-likeness (QED) is 0.244. The zero-order valence-corrected chi connectivity index (χ0v) is 16.9. The van der Waals surface area contributed by atoms with Crippen LogP contribution in [0.2, 0.25) is 0 Å². The lowest BCUT2D eigenvalue weighted by Gasteiger charge is -2.38. The van der Waals surface area contributed by atoms with Crippen molar-refractivity contribution in [3.63, 3.8) is 0 Å².